The quantitative estimate of drug-likeness (QED) is 0.723. The van der Waals surface area contributed by atoms with Gasteiger partial charge in [0.25, 0.3) is 0 Å². The van der Waals surface area contributed by atoms with Crippen molar-refractivity contribution in [3.8, 4) is 0 Å². The fourth-order valence-electron chi connectivity index (χ4n) is 0.685. The molecule has 0 saturated carbocycles. The second-order valence-electron chi connectivity index (χ2n) is 2.37. The van der Waals surface area contributed by atoms with Crippen LogP contribution in [0.5, 0.6) is 0 Å². The van der Waals surface area contributed by atoms with Gasteiger partial charge < -0.3 is 4.98 Å². The molecule has 1 aromatic rings. The first-order valence-corrected chi connectivity index (χ1v) is 3.12. The summed E-state index contributed by atoms with van der Waals surface area (Å²) in [7, 11) is 0. The van der Waals surface area contributed by atoms with E-state index in [1.54, 1.807) is 6.20 Å². The topological polar surface area (TPSA) is 12.9 Å². The molecule has 55 valence electrons. The number of rotatable bonds is 1. The zero-order valence-electron chi connectivity index (χ0n) is 6.13. The minimum atomic E-state index is 0. The van der Waals surface area contributed by atoms with Gasteiger partial charge in [0.2, 0.25) is 0 Å². The van der Waals surface area contributed by atoms with Crippen molar-refractivity contribution < 1.29 is 20.4 Å². The van der Waals surface area contributed by atoms with E-state index in [4.69, 9.17) is 0 Å². The summed E-state index contributed by atoms with van der Waals surface area (Å²) < 4.78 is 0. The zero-order chi connectivity index (χ0) is 6.69. The summed E-state index contributed by atoms with van der Waals surface area (Å²) in [6, 6.07) is 3.94. The van der Waals surface area contributed by atoms with Gasteiger partial charge in [0.15, 0.2) is 0 Å². The third kappa shape index (κ3) is 2.60. The maximum absolute atomic E-state index is 3.80. The van der Waals surface area contributed by atoms with Gasteiger partial charge in [0, 0.05) is 20.4 Å². The third-order valence-corrected chi connectivity index (χ3v) is 1.31. The molecule has 1 aromatic heterocycles. The Morgan fingerprint density at radius 2 is 2.20 bits per heavy atom. The van der Waals surface area contributed by atoms with Crippen LogP contribution in [0.15, 0.2) is 18.3 Å². The van der Waals surface area contributed by atoms with E-state index >= 15 is 0 Å². The summed E-state index contributed by atoms with van der Waals surface area (Å²) in [5.74, 6) is 0.587. The van der Waals surface area contributed by atoms with Crippen molar-refractivity contribution in [3.05, 3.63) is 30.1 Å². The molecule has 0 unspecified atom stereocenters. The number of hydrogen-bond acceptors (Lipinski definition) is 1. The molecular weight excluding hydrogens is 296 g/mol. The molecule has 0 atom stereocenters. The molecule has 1 rings (SSSR count). The van der Waals surface area contributed by atoms with Crippen LogP contribution in [0, 0.1) is 6.20 Å². The monoisotopic (exact) mass is 307 g/mol. The molecule has 0 amide bonds. The molecule has 1 heterocycles. The Hall–Kier alpha value is -0.188. The van der Waals surface area contributed by atoms with Crippen LogP contribution >= 0.6 is 0 Å². The van der Waals surface area contributed by atoms with E-state index in [0.717, 1.165) is 0 Å². The second kappa shape index (κ2) is 4.60. The van der Waals surface area contributed by atoms with Crippen LogP contribution in [0.4, 0.5) is 0 Å². The van der Waals surface area contributed by atoms with Crippen molar-refractivity contribution in [1.29, 1.82) is 0 Å². The van der Waals surface area contributed by atoms with Gasteiger partial charge in [0.05, 0.1) is 0 Å². The minimum absolute atomic E-state index is 0. The summed E-state index contributed by atoms with van der Waals surface area (Å²) in [5.41, 5.74) is 1.30. The molecular formula is C8H10NRe-. The van der Waals surface area contributed by atoms with Crippen molar-refractivity contribution in [2.24, 2.45) is 0 Å². The van der Waals surface area contributed by atoms with Crippen molar-refractivity contribution in [2.45, 2.75) is 19.8 Å². The summed E-state index contributed by atoms with van der Waals surface area (Å²) in [5, 5.41) is 0. The average Bonchev–Trinajstić information content (AvgIpc) is 1.90. The van der Waals surface area contributed by atoms with Gasteiger partial charge in [-0.25, -0.2) is 0 Å². The van der Waals surface area contributed by atoms with Gasteiger partial charge >= 0.3 is 0 Å². The zero-order valence-corrected chi connectivity index (χ0v) is 8.85. The van der Waals surface area contributed by atoms with Gasteiger partial charge in [-0.1, -0.05) is 32.2 Å². The Labute approximate surface area is 75.5 Å². The van der Waals surface area contributed by atoms with Crippen molar-refractivity contribution in [3.63, 3.8) is 0 Å². The van der Waals surface area contributed by atoms with Crippen LogP contribution < -0.4 is 0 Å². The van der Waals surface area contributed by atoms with Crippen molar-refractivity contribution >= 4 is 0 Å². The van der Waals surface area contributed by atoms with Gasteiger partial charge in [-0.3, -0.25) is 0 Å². The summed E-state index contributed by atoms with van der Waals surface area (Å²) in [4.78, 5) is 3.80. The standard InChI is InChI=1S/C8H10N.Re/c1-7(2)8-3-5-9-6-4-8;/h3-5,7H,1-2H3;/q-1;. The fourth-order valence-corrected chi connectivity index (χ4v) is 0.685. The Morgan fingerprint density at radius 3 is 2.50 bits per heavy atom. The van der Waals surface area contributed by atoms with Crippen LogP contribution in [0.1, 0.15) is 25.3 Å². The molecule has 2 heteroatoms. The van der Waals surface area contributed by atoms with E-state index in [2.05, 4.69) is 25.0 Å². The number of nitrogens with zero attached hydrogens (tertiary/aromatic N) is 1. The first-order chi connectivity index (χ1) is 4.30. The first-order valence-electron chi connectivity index (χ1n) is 3.12. The van der Waals surface area contributed by atoms with Crippen LogP contribution in [-0.4, -0.2) is 4.98 Å². The fraction of sp³-hybridized carbons (Fsp3) is 0.375. The summed E-state index contributed by atoms with van der Waals surface area (Å²) in [6.07, 6.45) is 4.57. The number of pyridine rings is 1. The van der Waals surface area contributed by atoms with E-state index in [-0.39, 0.29) is 20.4 Å². The van der Waals surface area contributed by atoms with Gasteiger partial charge in [-0.05, 0) is 0 Å². The van der Waals surface area contributed by atoms with Crippen LogP contribution in [-0.2, 0) is 20.4 Å². The normalized spacial score (nSPS) is 9.10. The molecule has 10 heavy (non-hydrogen) atoms. The molecule has 0 bridgehead atoms. The molecule has 1 nitrogen and oxygen atoms in total. The maximum Gasteiger partial charge on any atom is 0 e. The molecule has 0 spiro atoms. The third-order valence-electron chi connectivity index (χ3n) is 1.31. The molecule has 0 N–H and O–H groups in total. The molecule has 1 radical (unpaired) electrons. The maximum atomic E-state index is 3.80. The van der Waals surface area contributed by atoms with Crippen LogP contribution in [0.2, 0.25) is 0 Å². The summed E-state index contributed by atoms with van der Waals surface area (Å²) >= 11 is 0. The summed E-state index contributed by atoms with van der Waals surface area (Å²) in [6.45, 7) is 4.31. The Morgan fingerprint density at radius 1 is 1.50 bits per heavy atom. The van der Waals surface area contributed by atoms with Gasteiger partial charge in [-0.15, -0.1) is 0 Å². The van der Waals surface area contributed by atoms with Crippen LogP contribution in [0.25, 0.3) is 0 Å². The van der Waals surface area contributed by atoms with E-state index in [1.165, 1.54) is 5.56 Å². The Kier molecular flexibility index (Phi) is 4.51. The predicted octanol–water partition coefficient (Wildman–Crippen LogP) is 2.00. The second-order valence-corrected chi connectivity index (χ2v) is 2.37. The van der Waals surface area contributed by atoms with E-state index in [9.17, 15) is 0 Å². The van der Waals surface area contributed by atoms with Gasteiger partial charge in [0.1, 0.15) is 0 Å². The van der Waals surface area contributed by atoms with Crippen molar-refractivity contribution in [2.75, 3.05) is 0 Å². The average molecular weight is 306 g/mol. The minimum Gasteiger partial charge on any atom is -0.394 e. The predicted molar refractivity (Wildman–Crippen MR) is 37.2 cm³/mol. The molecule has 0 aliphatic rings. The van der Waals surface area contributed by atoms with Gasteiger partial charge in [-0.2, -0.15) is 17.7 Å². The van der Waals surface area contributed by atoms with E-state index in [0.29, 0.717) is 5.92 Å². The van der Waals surface area contributed by atoms with Crippen LogP contribution in [0.3, 0.4) is 0 Å². The number of aromatic nitrogens is 1. The van der Waals surface area contributed by atoms with Crippen molar-refractivity contribution in [1.82, 2.24) is 4.98 Å². The van der Waals surface area contributed by atoms with E-state index < -0.39 is 0 Å². The molecule has 0 fully saturated rings. The molecule has 0 aliphatic carbocycles. The first kappa shape index (κ1) is 9.81. The SMILES string of the molecule is CC(C)c1c[c-]ncc1.[Re]. The van der Waals surface area contributed by atoms with E-state index in [1.807, 2.05) is 12.1 Å². The molecule has 0 aliphatic heterocycles. The Bertz CT molecular complexity index is 172. The molecule has 0 aromatic carbocycles. The number of hydrogen-bond donors (Lipinski definition) is 0. The smallest absolute Gasteiger partial charge is 0 e. The molecule has 0 saturated heterocycles. The largest absolute Gasteiger partial charge is 0.394 e. The Balaban J connectivity index is 0.000000810.